The van der Waals surface area contributed by atoms with Crippen molar-refractivity contribution in [3.05, 3.63) is 32.5 Å². The van der Waals surface area contributed by atoms with Gasteiger partial charge in [0.25, 0.3) is 0 Å². The van der Waals surface area contributed by atoms with Gasteiger partial charge in [-0.25, -0.2) is 4.39 Å². The van der Waals surface area contributed by atoms with Crippen molar-refractivity contribution in [3.63, 3.8) is 0 Å². The number of ether oxygens (including phenoxy) is 1. The van der Waals surface area contributed by atoms with E-state index in [4.69, 9.17) is 4.74 Å². The second-order valence-corrected chi connectivity index (χ2v) is 5.32. The highest BCUT2D eigenvalue weighted by molar-refractivity contribution is 9.11. The van der Waals surface area contributed by atoms with Crippen LogP contribution in [0.15, 0.2) is 21.1 Å². The normalized spacial score (nSPS) is 21.2. The zero-order valence-electron chi connectivity index (χ0n) is 8.30. The van der Waals surface area contributed by atoms with Gasteiger partial charge in [-0.15, -0.1) is 0 Å². The standard InChI is InChI=1S/C11H9Br2FO2/c12-7-1-2-8(13)11(14)10(7)9-5-6(15)3-4-16-9/h1-2,9H,3-5H2. The number of benzene rings is 1. The molecule has 16 heavy (non-hydrogen) atoms. The molecule has 5 heteroatoms. The summed E-state index contributed by atoms with van der Waals surface area (Å²) in [7, 11) is 0. The van der Waals surface area contributed by atoms with Gasteiger partial charge in [0.05, 0.1) is 17.2 Å². The summed E-state index contributed by atoms with van der Waals surface area (Å²) >= 11 is 6.41. The van der Waals surface area contributed by atoms with Crippen LogP contribution in [0.2, 0.25) is 0 Å². The summed E-state index contributed by atoms with van der Waals surface area (Å²) in [6.45, 7) is 0.363. The Morgan fingerprint density at radius 1 is 1.31 bits per heavy atom. The second-order valence-electron chi connectivity index (χ2n) is 3.61. The molecule has 2 rings (SSSR count). The fraction of sp³-hybridized carbons (Fsp3) is 0.364. The minimum absolute atomic E-state index is 0.113. The maximum absolute atomic E-state index is 13.9. The van der Waals surface area contributed by atoms with E-state index in [0.29, 0.717) is 27.5 Å². The number of rotatable bonds is 1. The predicted octanol–water partition coefficient (Wildman–Crippen LogP) is 3.77. The molecule has 1 aromatic carbocycles. The highest BCUT2D eigenvalue weighted by Crippen LogP contribution is 2.36. The summed E-state index contributed by atoms with van der Waals surface area (Å²) in [6, 6.07) is 3.36. The van der Waals surface area contributed by atoms with Crippen molar-refractivity contribution in [2.45, 2.75) is 18.9 Å². The van der Waals surface area contributed by atoms with Crippen LogP contribution in [0.4, 0.5) is 4.39 Å². The fourth-order valence-corrected chi connectivity index (χ4v) is 2.61. The molecule has 0 aliphatic carbocycles. The molecule has 1 aliphatic rings. The summed E-state index contributed by atoms with van der Waals surface area (Å²) in [5, 5.41) is 0. The Hall–Kier alpha value is -0.260. The Balaban J connectivity index is 2.39. The molecule has 1 heterocycles. The van der Waals surface area contributed by atoms with Crippen LogP contribution in [-0.4, -0.2) is 12.4 Å². The Morgan fingerprint density at radius 2 is 2.00 bits per heavy atom. The van der Waals surface area contributed by atoms with Crippen LogP contribution >= 0.6 is 31.9 Å². The Kier molecular flexibility index (Phi) is 3.77. The Morgan fingerprint density at radius 3 is 2.69 bits per heavy atom. The molecule has 0 amide bonds. The summed E-state index contributed by atoms with van der Waals surface area (Å²) in [5.74, 6) is -0.253. The number of hydrogen-bond donors (Lipinski definition) is 0. The largest absolute Gasteiger partial charge is 0.372 e. The number of ketones is 1. The van der Waals surface area contributed by atoms with Crippen LogP contribution in [-0.2, 0) is 9.53 Å². The lowest BCUT2D eigenvalue weighted by molar-refractivity contribution is -0.128. The van der Waals surface area contributed by atoms with E-state index in [-0.39, 0.29) is 18.0 Å². The maximum Gasteiger partial charge on any atom is 0.144 e. The summed E-state index contributed by atoms with van der Waals surface area (Å²) in [5.41, 5.74) is 0.419. The molecular weight excluding hydrogens is 343 g/mol. The molecule has 0 radical (unpaired) electrons. The molecule has 1 aromatic rings. The first-order chi connectivity index (χ1) is 7.59. The van der Waals surface area contributed by atoms with E-state index >= 15 is 0 Å². The van der Waals surface area contributed by atoms with E-state index in [1.807, 2.05) is 0 Å². The number of carbonyl (C=O) groups is 1. The van der Waals surface area contributed by atoms with Gasteiger partial charge in [-0.3, -0.25) is 4.79 Å². The molecule has 1 unspecified atom stereocenters. The summed E-state index contributed by atoms with van der Waals surface area (Å²) in [4.78, 5) is 11.3. The molecule has 1 atom stereocenters. The van der Waals surface area contributed by atoms with Crippen molar-refractivity contribution in [1.29, 1.82) is 0 Å². The first kappa shape index (κ1) is 12.2. The summed E-state index contributed by atoms with van der Waals surface area (Å²) < 4.78 is 20.4. The SMILES string of the molecule is O=C1CCOC(c2c(Br)ccc(Br)c2F)C1. The minimum atomic E-state index is -0.479. The maximum atomic E-state index is 13.9. The number of halogens is 3. The lowest BCUT2D eigenvalue weighted by atomic mass is 10.00. The molecule has 1 fully saturated rings. The zero-order valence-corrected chi connectivity index (χ0v) is 11.5. The van der Waals surface area contributed by atoms with E-state index in [1.165, 1.54) is 0 Å². The van der Waals surface area contributed by atoms with Crippen molar-refractivity contribution >= 4 is 37.6 Å². The first-order valence-corrected chi connectivity index (χ1v) is 6.45. The summed E-state index contributed by atoms with van der Waals surface area (Å²) in [6.07, 6.45) is 0.184. The molecular formula is C11H9Br2FO2. The molecule has 0 saturated carbocycles. The highest BCUT2D eigenvalue weighted by atomic mass is 79.9. The number of carbonyl (C=O) groups excluding carboxylic acids is 1. The molecule has 0 N–H and O–H groups in total. The monoisotopic (exact) mass is 350 g/mol. The molecule has 0 aromatic heterocycles. The van der Waals surface area contributed by atoms with Crippen LogP contribution in [0.3, 0.4) is 0 Å². The van der Waals surface area contributed by atoms with Crippen molar-refractivity contribution in [1.82, 2.24) is 0 Å². The predicted molar refractivity (Wildman–Crippen MR) is 64.7 cm³/mol. The fourth-order valence-electron chi connectivity index (χ4n) is 1.71. The number of Topliss-reactive ketones (excluding diaryl/α,β-unsaturated/α-hetero) is 1. The third kappa shape index (κ3) is 2.36. The van der Waals surface area contributed by atoms with Crippen molar-refractivity contribution in [3.8, 4) is 0 Å². The van der Waals surface area contributed by atoms with E-state index in [0.717, 1.165) is 0 Å². The van der Waals surface area contributed by atoms with Crippen LogP contribution in [0, 0.1) is 5.82 Å². The van der Waals surface area contributed by atoms with Gasteiger partial charge in [-0.2, -0.15) is 0 Å². The van der Waals surface area contributed by atoms with Gasteiger partial charge in [-0.1, -0.05) is 15.9 Å². The molecule has 0 bridgehead atoms. The van der Waals surface area contributed by atoms with Crippen LogP contribution in [0.5, 0.6) is 0 Å². The Bertz CT molecular complexity index is 434. The molecule has 1 aliphatic heterocycles. The van der Waals surface area contributed by atoms with Crippen molar-refractivity contribution < 1.29 is 13.9 Å². The third-order valence-electron chi connectivity index (χ3n) is 2.51. The average molecular weight is 352 g/mol. The van der Waals surface area contributed by atoms with Gasteiger partial charge in [0, 0.05) is 22.9 Å². The topological polar surface area (TPSA) is 26.3 Å². The van der Waals surface area contributed by atoms with Gasteiger partial charge in [0.2, 0.25) is 0 Å². The lowest BCUT2D eigenvalue weighted by Crippen LogP contribution is -2.20. The van der Waals surface area contributed by atoms with Crippen molar-refractivity contribution in [2.75, 3.05) is 6.61 Å². The Labute approximate surface area is 109 Å². The highest BCUT2D eigenvalue weighted by Gasteiger charge is 2.27. The lowest BCUT2D eigenvalue weighted by Gasteiger charge is -2.23. The van der Waals surface area contributed by atoms with Crippen molar-refractivity contribution in [2.24, 2.45) is 0 Å². The van der Waals surface area contributed by atoms with Gasteiger partial charge < -0.3 is 4.74 Å². The second kappa shape index (κ2) is 4.94. The molecule has 2 nitrogen and oxygen atoms in total. The average Bonchev–Trinajstić information content (AvgIpc) is 2.24. The van der Waals surface area contributed by atoms with Crippen LogP contribution in [0.1, 0.15) is 24.5 Å². The van der Waals surface area contributed by atoms with Gasteiger partial charge in [0.1, 0.15) is 11.6 Å². The first-order valence-electron chi connectivity index (χ1n) is 4.86. The van der Waals surface area contributed by atoms with Crippen LogP contribution in [0.25, 0.3) is 0 Å². The molecule has 86 valence electrons. The van der Waals surface area contributed by atoms with Gasteiger partial charge in [-0.05, 0) is 28.1 Å². The molecule has 1 saturated heterocycles. The van der Waals surface area contributed by atoms with Crippen LogP contribution < -0.4 is 0 Å². The van der Waals surface area contributed by atoms with E-state index < -0.39 is 6.10 Å². The van der Waals surface area contributed by atoms with E-state index in [1.54, 1.807) is 12.1 Å². The third-order valence-corrected chi connectivity index (χ3v) is 3.82. The smallest absolute Gasteiger partial charge is 0.144 e. The molecule has 0 spiro atoms. The van der Waals surface area contributed by atoms with E-state index in [9.17, 15) is 9.18 Å². The number of hydrogen-bond acceptors (Lipinski definition) is 2. The zero-order chi connectivity index (χ0) is 11.7. The van der Waals surface area contributed by atoms with Gasteiger partial charge >= 0.3 is 0 Å². The van der Waals surface area contributed by atoms with E-state index in [2.05, 4.69) is 31.9 Å². The minimum Gasteiger partial charge on any atom is -0.372 e. The quantitative estimate of drug-likeness (QED) is 0.720. The van der Waals surface area contributed by atoms with Gasteiger partial charge in [0.15, 0.2) is 0 Å².